The first-order chi connectivity index (χ1) is 16.4. The van der Waals surface area contributed by atoms with E-state index in [4.69, 9.17) is 4.74 Å². The molecule has 0 fully saturated rings. The van der Waals surface area contributed by atoms with Gasteiger partial charge < -0.3 is 19.6 Å². The van der Waals surface area contributed by atoms with Crippen molar-refractivity contribution in [3.63, 3.8) is 0 Å². The van der Waals surface area contributed by atoms with Gasteiger partial charge in [-0.3, -0.25) is 9.59 Å². The third-order valence-electron chi connectivity index (χ3n) is 6.75. The molecular formula is C27H33N3O4. The van der Waals surface area contributed by atoms with E-state index in [2.05, 4.69) is 11.1 Å². The number of aliphatic hydroxyl groups excluding tert-OH is 1. The minimum Gasteiger partial charge on any atom is -0.472 e. The first-order valence-corrected chi connectivity index (χ1v) is 12.0. The van der Waals surface area contributed by atoms with Gasteiger partial charge in [0.15, 0.2) is 0 Å². The Kier molecular flexibility index (Phi) is 7.32. The lowest BCUT2D eigenvalue weighted by atomic mass is 9.99. The summed E-state index contributed by atoms with van der Waals surface area (Å²) in [5.74, 6) is -0.0916. The summed E-state index contributed by atoms with van der Waals surface area (Å²) in [4.78, 5) is 34.4. The highest BCUT2D eigenvalue weighted by Crippen LogP contribution is 2.32. The smallest absolute Gasteiger partial charge is 0.259 e. The molecule has 0 radical (unpaired) electrons. The summed E-state index contributed by atoms with van der Waals surface area (Å²) < 4.78 is 6.32. The maximum absolute atomic E-state index is 13.5. The Morgan fingerprint density at radius 1 is 1.32 bits per heavy atom. The van der Waals surface area contributed by atoms with Gasteiger partial charge in [0.2, 0.25) is 5.88 Å². The topological polar surface area (TPSA) is 83.0 Å². The largest absolute Gasteiger partial charge is 0.472 e. The van der Waals surface area contributed by atoms with Crippen LogP contribution in [0.3, 0.4) is 0 Å². The molecule has 0 spiro atoms. The number of ether oxygens (including phenoxy) is 1. The fourth-order valence-corrected chi connectivity index (χ4v) is 4.58. The van der Waals surface area contributed by atoms with Crippen molar-refractivity contribution >= 4 is 17.4 Å². The summed E-state index contributed by atoms with van der Waals surface area (Å²) in [5, 5.41) is 9.84. The number of carbonyl (C=O) groups excluding carboxylic acids is 2. The van der Waals surface area contributed by atoms with Crippen molar-refractivity contribution in [2.75, 3.05) is 26.7 Å². The third-order valence-corrected chi connectivity index (χ3v) is 6.75. The number of rotatable bonds is 6. The number of allylic oxidation sites excluding steroid dienone is 2. The molecule has 1 aromatic heterocycles. The Hall–Kier alpha value is -3.19. The number of amides is 2. The Balaban J connectivity index is 1.65. The van der Waals surface area contributed by atoms with Crippen LogP contribution < -0.4 is 4.74 Å². The van der Waals surface area contributed by atoms with E-state index >= 15 is 0 Å². The predicted molar refractivity (Wildman–Crippen MR) is 131 cm³/mol. The van der Waals surface area contributed by atoms with E-state index in [9.17, 15) is 14.7 Å². The van der Waals surface area contributed by atoms with Gasteiger partial charge in [-0.2, -0.15) is 0 Å². The van der Waals surface area contributed by atoms with Crippen LogP contribution in [0.1, 0.15) is 59.4 Å². The molecule has 1 aliphatic carbocycles. The second kappa shape index (κ2) is 10.4. The number of hydrogen-bond acceptors (Lipinski definition) is 5. The van der Waals surface area contributed by atoms with E-state index in [0.717, 1.165) is 24.8 Å². The molecule has 1 aliphatic heterocycles. The van der Waals surface area contributed by atoms with Gasteiger partial charge in [-0.25, -0.2) is 4.98 Å². The average Bonchev–Trinajstić information content (AvgIpc) is 3.40. The van der Waals surface area contributed by atoms with E-state index < -0.39 is 0 Å². The summed E-state index contributed by atoms with van der Waals surface area (Å²) in [6.45, 7) is 4.45. The second-order valence-corrected chi connectivity index (χ2v) is 9.37. The lowest BCUT2D eigenvalue weighted by Gasteiger charge is -2.37. The highest BCUT2D eigenvalue weighted by Gasteiger charge is 2.35. The third kappa shape index (κ3) is 4.99. The van der Waals surface area contributed by atoms with Gasteiger partial charge in [-0.05, 0) is 55.5 Å². The molecule has 2 aliphatic rings. The molecule has 1 aromatic carbocycles. The van der Waals surface area contributed by atoms with Crippen molar-refractivity contribution < 1.29 is 19.4 Å². The number of fused-ring (bicyclic) bond motifs is 1. The standard InChI is InChI=1S/C27H33N3O4/c1-18-15-30(19(2)17-31)27(33)23-13-22(20-9-7-8-10-20)14-28-25(23)34-24(18)16-29(3)26(32)21-11-5-4-6-12-21/h4-6,9,11-14,18-19,24,31H,7-8,10,15-17H2,1-3H3/t18-,19+,24-/m1/s1. The Morgan fingerprint density at radius 3 is 2.76 bits per heavy atom. The maximum Gasteiger partial charge on any atom is 0.259 e. The van der Waals surface area contributed by atoms with Crippen LogP contribution in [0.15, 0.2) is 48.7 Å². The van der Waals surface area contributed by atoms with Crippen LogP contribution in [0.5, 0.6) is 5.88 Å². The van der Waals surface area contributed by atoms with Gasteiger partial charge in [0.05, 0.1) is 19.2 Å². The number of aromatic nitrogens is 1. The molecule has 0 bridgehead atoms. The highest BCUT2D eigenvalue weighted by atomic mass is 16.5. The van der Waals surface area contributed by atoms with Crippen molar-refractivity contribution in [3.8, 4) is 5.88 Å². The van der Waals surface area contributed by atoms with Crippen LogP contribution in [0, 0.1) is 5.92 Å². The number of likely N-dealkylation sites (N-methyl/N-ethyl adjacent to an activating group) is 1. The van der Waals surface area contributed by atoms with Crippen LogP contribution in [0.4, 0.5) is 0 Å². The van der Waals surface area contributed by atoms with E-state index in [-0.39, 0.29) is 42.4 Å². The fraction of sp³-hybridized carbons (Fsp3) is 0.444. The maximum atomic E-state index is 13.5. The number of pyridine rings is 1. The average molecular weight is 464 g/mol. The zero-order chi connectivity index (χ0) is 24.2. The number of hydrogen-bond donors (Lipinski definition) is 1. The van der Waals surface area contributed by atoms with E-state index in [1.807, 2.05) is 38.1 Å². The Morgan fingerprint density at radius 2 is 2.09 bits per heavy atom. The van der Waals surface area contributed by atoms with E-state index in [1.165, 1.54) is 5.57 Å². The lowest BCUT2D eigenvalue weighted by Crippen LogP contribution is -2.50. The molecule has 7 heteroatoms. The molecule has 34 heavy (non-hydrogen) atoms. The summed E-state index contributed by atoms with van der Waals surface area (Å²) in [6.07, 6.45) is 6.70. The van der Waals surface area contributed by atoms with Gasteiger partial charge in [0.1, 0.15) is 11.7 Å². The van der Waals surface area contributed by atoms with Gasteiger partial charge in [-0.15, -0.1) is 0 Å². The van der Waals surface area contributed by atoms with E-state index in [0.29, 0.717) is 24.2 Å². The van der Waals surface area contributed by atoms with Gasteiger partial charge in [0, 0.05) is 31.3 Å². The van der Waals surface area contributed by atoms with Crippen molar-refractivity contribution in [1.29, 1.82) is 0 Å². The van der Waals surface area contributed by atoms with Crippen LogP contribution in [0.2, 0.25) is 0 Å². The molecule has 3 atom stereocenters. The number of nitrogens with zero attached hydrogens (tertiary/aromatic N) is 3. The molecular weight excluding hydrogens is 430 g/mol. The molecule has 2 amide bonds. The number of benzene rings is 1. The SMILES string of the molecule is C[C@@H]1CN([C@@H](C)CO)C(=O)c2cc(C3=CCCC3)cnc2O[C@@H]1CN(C)C(=O)c1ccccc1. The quantitative estimate of drug-likeness (QED) is 0.707. The zero-order valence-electron chi connectivity index (χ0n) is 20.1. The van der Waals surface area contributed by atoms with Crippen LogP contribution >= 0.6 is 0 Å². The predicted octanol–water partition coefficient (Wildman–Crippen LogP) is 3.64. The first kappa shape index (κ1) is 24.0. The lowest BCUT2D eigenvalue weighted by molar-refractivity contribution is 0.0313. The molecule has 0 saturated heterocycles. The molecule has 4 rings (SSSR count). The van der Waals surface area contributed by atoms with Crippen LogP contribution in [-0.4, -0.2) is 70.6 Å². The molecule has 2 heterocycles. The van der Waals surface area contributed by atoms with Crippen molar-refractivity contribution in [2.24, 2.45) is 5.92 Å². The zero-order valence-corrected chi connectivity index (χ0v) is 20.1. The minimum atomic E-state index is -0.373. The van der Waals surface area contributed by atoms with Crippen LogP contribution in [-0.2, 0) is 0 Å². The fourth-order valence-electron chi connectivity index (χ4n) is 4.58. The van der Waals surface area contributed by atoms with Gasteiger partial charge in [0.25, 0.3) is 11.8 Å². The van der Waals surface area contributed by atoms with Crippen LogP contribution in [0.25, 0.3) is 5.57 Å². The molecule has 2 aromatic rings. The van der Waals surface area contributed by atoms with Gasteiger partial charge in [-0.1, -0.05) is 31.2 Å². The molecule has 0 saturated carbocycles. The highest BCUT2D eigenvalue weighted by molar-refractivity contribution is 5.97. The van der Waals surface area contributed by atoms with Crippen molar-refractivity contribution in [3.05, 3.63) is 65.4 Å². The summed E-state index contributed by atoms with van der Waals surface area (Å²) >= 11 is 0. The summed E-state index contributed by atoms with van der Waals surface area (Å²) in [5.41, 5.74) is 3.15. The Bertz CT molecular complexity index is 1070. The summed E-state index contributed by atoms with van der Waals surface area (Å²) in [7, 11) is 1.76. The van der Waals surface area contributed by atoms with Crippen molar-refractivity contribution in [2.45, 2.75) is 45.3 Å². The first-order valence-electron chi connectivity index (χ1n) is 12.0. The molecule has 7 nitrogen and oxygen atoms in total. The normalized spacial score (nSPS) is 21.1. The second-order valence-electron chi connectivity index (χ2n) is 9.37. The van der Waals surface area contributed by atoms with E-state index in [1.54, 1.807) is 35.2 Å². The molecule has 0 unspecified atom stereocenters. The van der Waals surface area contributed by atoms with Gasteiger partial charge >= 0.3 is 0 Å². The molecule has 180 valence electrons. The van der Waals surface area contributed by atoms with Crippen molar-refractivity contribution in [1.82, 2.24) is 14.8 Å². The minimum absolute atomic E-state index is 0.0869. The molecule has 1 N–H and O–H groups in total. The number of aliphatic hydroxyl groups is 1. The number of carbonyl (C=O) groups is 2. The monoisotopic (exact) mass is 463 g/mol. The summed E-state index contributed by atoms with van der Waals surface area (Å²) in [6, 6.07) is 10.7. The Labute approximate surface area is 201 Å².